The van der Waals surface area contributed by atoms with E-state index in [-0.39, 0.29) is 5.41 Å². The van der Waals surface area contributed by atoms with Gasteiger partial charge >= 0.3 is 0 Å². The predicted molar refractivity (Wildman–Crippen MR) is 46.6 cm³/mol. The molecule has 0 N–H and O–H groups in total. The Kier molecular flexibility index (Phi) is 1.78. The van der Waals surface area contributed by atoms with Crippen LogP contribution in [0.5, 0.6) is 0 Å². The van der Waals surface area contributed by atoms with Crippen LogP contribution in [0.1, 0.15) is 32.3 Å². The van der Waals surface area contributed by atoms with Gasteiger partial charge in [-0.2, -0.15) is 0 Å². The first kappa shape index (κ1) is 8.31. The van der Waals surface area contributed by atoms with Crippen LogP contribution >= 0.6 is 0 Å². The van der Waals surface area contributed by atoms with Gasteiger partial charge in [-0.1, -0.05) is 20.8 Å². The lowest BCUT2D eigenvalue weighted by Crippen LogP contribution is -2.17. The molecule has 0 aromatic carbocycles. The van der Waals surface area contributed by atoms with E-state index in [4.69, 9.17) is 0 Å². The second-order valence-corrected chi connectivity index (χ2v) is 4.03. The Morgan fingerprint density at radius 2 is 1.91 bits per heavy atom. The van der Waals surface area contributed by atoms with Gasteiger partial charge in [0.1, 0.15) is 5.82 Å². The van der Waals surface area contributed by atoms with Crippen LogP contribution in [0.25, 0.3) is 0 Å². The van der Waals surface area contributed by atoms with E-state index in [1.807, 2.05) is 6.20 Å². The number of hydrogen-bond donors (Lipinski definition) is 0. The van der Waals surface area contributed by atoms with Crippen LogP contribution in [-0.4, -0.2) is 9.55 Å². The number of rotatable bonds is 0. The normalized spacial score (nSPS) is 12.1. The van der Waals surface area contributed by atoms with E-state index in [2.05, 4.69) is 44.3 Å². The maximum Gasteiger partial charge on any atom is 0.113 e. The van der Waals surface area contributed by atoms with Crippen molar-refractivity contribution in [3.05, 3.63) is 17.7 Å². The molecule has 0 atom stereocenters. The lowest BCUT2D eigenvalue weighted by molar-refractivity contribution is 0.520. The first-order valence-corrected chi connectivity index (χ1v) is 3.91. The van der Waals surface area contributed by atoms with E-state index in [0.717, 1.165) is 5.82 Å². The highest BCUT2D eigenvalue weighted by molar-refractivity contribution is 5.09. The third-order valence-electron chi connectivity index (χ3n) is 1.89. The van der Waals surface area contributed by atoms with Gasteiger partial charge in [-0.05, 0) is 6.92 Å². The van der Waals surface area contributed by atoms with Gasteiger partial charge in [-0.25, -0.2) is 4.98 Å². The molecule has 11 heavy (non-hydrogen) atoms. The SMILES string of the molecule is Cc1cnc(C(C)(C)C)n1C. The lowest BCUT2D eigenvalue weighted by atomic mass is 9.96. The van der Waals surface area contributed by atoms with Gasteiger partial charge in [-0.15, -0.1) is 0 Å². The molecule has 0 aliphatic carbocycles. The van der Waals surface area contributed by atoms with E-state index < -0.39 is 0 Å². The van der Waals surface area contributed by atoms with Crippen molar-refractivity contribution in [2.24, 2.45) is 7.05 Å². The Hall–Kier alpha value is -0.790. The Labute approximate surface area is 68.3 Å². The number of hydrogen-bond acceptors (Lipinski definition) is 1. The molecule has 0 spiro atoms. The van der Waals surface area contributed by atoms with E-state index in [1.54, 1.807) is 0 Å². The summed E-state index contributed by atoms with van der Waals surface area (Å²) < 4.78 is 2.14. The van der Waals surface area contributed by atoms with E-state index in [1.165, 1.54) is 5.69 Å². The first-order valence-electron chi connectivity index (χ1n) is 3.91. The molecule has 2 nitrogen and oxygen atoms in total. The molecule has 0 fully saturated rings. The van der Waals surface area contributed by atoms with Crippen LogP contribution < -0.4 is 0 Å². The highest BCUT2D eigenvalue weighted by Gasteiger charge is 2.18. The Morgan fingerprint density at radius 3 is 2.09 bits per heavy atom. The summed E-state index contributed by atoms with van der Waals surface area (Å²) in [5.41, 5.74) is 1.37. The zero-order valence-corrected chi connectivity index (χ0v) is 7.97. The maximum absolute atomic E-state index is 4.35. The zero-order valence-electron chi connectivity index (χ0n) is 7.97. The number of nitrogens with zero attached hydrogens (tertiary/aromatic N) is 2. The van der Waals surface area contributed by atoms with Crippen molar-refractivity contribution in [2.75, 3.05) is 0 Å². The smallest absolute Gasteiger partial charge is 0.113 e. The second-order valence-electron chi connectivity index (χ2n) is 4.03. The second kappa shape index (κ2) is 2.36. The molecule has 0 saturated carbocycles. The average Bonchev–Trinajstić information content (AvgIpc) is 2.11. The van der Waals surface area contributed by atoms with Crippen molar-refractivity contribution >= 4 is 0 Å². The van der Waals surface area contributed by atoms with Gasteiger partial charge in [0.15, 0.2) is 0 Å². The van der Waals surface area contributed by atoms with Crippen molar-refractivity contribution in [1.29, 1.82) is 0 Å². The number of aryl methyl sites for hydroxylation is 1. The van der Waals surface area contributed by atoms with Gasteiger partial charge in [0.25, 0.3) is 0 Å². The third-order valence-corrected chi connectivity index (χ3v) is 1.89. The topological polar surface area (TPSA) is 17.8 Å². The van der Waals surface area contributed by atoms with Crippen LogP contribution in [0, 0.1) is 6.92 Å². The summed E-state index contributed by atoms with van der Waals surface area (Å²) in [6.45, 7) is 8.60. The van der Waals surface area contributed by atoms with Crippen LogP contribution in [0.4, 0.5) is 0 Å². The summed E-state index contributed by atoms with van der Waals surface area (Å²) in [6.07, 6.45) is 1.92. The number of imidazole rings is 1. The standard InChI is InChI=1S/C9H16N2/c1-7-6-10-8(11(7)5)9(2,3)4/h6H,1-5H3. The Morgan fingerprint density at radius 1 is 1.36 bits per heavy atom. The fourth-order valence-corrected chi connectivity index (χ4v) is 1.19. The molecule has 0 aliphatic rings. The summed E-state index contributed by atoms with van der Waals surface area (Å²) in [5.74, 6) is 1.15. The summed E-state index contributed by atoms with van der Waals surface area (Å²) in [6, 6.07) is 0. The predicted octanol–water partition coefficient (Wildman–Crippen LogP) is 2.03. The summed E-state index contributed by atoms with van der Waals surface area (Å²) in [5, 5.41) is 0. The molecule has 0 saturated heterocycles. The van der Waals surface area contributed by atoms with E-state index in [0.29, 0.717) is 0 Å². The summed E-state index contributed by atoms with van der Waals surface area (Å²) in [7, 11) is 2.06. The lowest BCUT2D eigenvalue weighted by Gasteiger charge is -2.17. The Bertz CT molecular complexity index is 253. The first-order chi connectivity index (χ1) is 4.93. The minimum absolute atomic E-state index is 0.156. The molecule has 0 aliphatic heterocycles. The molecule has 0 bridgehead atoms. The molecule has 0 unspecified atom stereocenters. The highest BCUT2D eigenvalue weighted by atomic mass is 15.1. The molecule has 62 valence electrons. The maximum atomic E-state index is 4.35. The molecule has 1 rings (SSSR count). The molecular formula is C9H16N2. The molecular weight excluding hydrogens is 136 g/mol. The van der Waals surface area contributed by atoms with Gasteiger partial charge in [0.2, 0.25) is 0 Å². The molecule has 0 radical (unpaired) electrons. The van der Waals surface area contributed by atoms with Crippen LogP contribution in [-0.2, 0) is 12.5 Å². The van der Waals surface area contributed by atoms with Crippen molar-refractivity contribution in [2.45, 2.75) is 33.1 Å². The molecule has 1 heterocycles. The van der Waals surface area contributed by atoms with Crippen LogP contribution in [0.2, 0.25) is 0 Å². The minimum Gasteiger partial charge on any atom is -0.335 e. The van der Waals surface area contributed by atoms with Gasteiger partial charge in [0, 0.05) is 24.4 Å². The van der Waals surface area contributed by atoms with E-state index >= 15 is 0 Å². The summed E-state index contributed by atoms with van der Waals surface area (Å²) in [4.78, 5) is 4.35. The van der Waals surface area contributed by atoms with Gasteiger partial charge < -0.3 is 4.57 Å². The average molecular weight is 152 g/mol. The van der Waals surface area contributed by atoms with E-state index in [9.17, 15) is 0 Å². The van der Waals surface area contributed by atoms with Crippen molar-refractivity contribution < 1.29 is 0 Å². The fourth-order valence-electron chi connectivity index (χ4n) is 1.19. The highest BCUT2D eigenvalue weighted by Crippen LogP contribution is 2.20. The molecule has 2 heteroatoms. The van der Waals surface area contributed by atoms with Crippen LogP contribution in [0.3, 0.4) is 0 Å². The van der Waals surface area contributed by atoms with Crippen molar-refractivity contribution in [3.8, 4) is 0 Å². The quantitative estimate of drug-likeness (QED) is 0.556. The zero-order chi connectivity index (χ0) is 8.65. The monoisotopic (exact) mass is 152 g/mol. The van der Waals surface area contributed by atoms with Crippen molar-refractivity contribution in [1.82, 2.24) is 9.55 Å². The Balaban J connectivity index is 3.15. The largest absolute Gasteiger partial charge is 0.335 e. The number of aromatic nitrogens is 2. The van der Waals surface area contributed by atoms with Crippen molar-refractivity contribution in [3.63, 3.8) is 0 Å². The fraction of sp³-hybridized carbons (Fsp3) is 0.667. The molecule has 1 aromatic rings. The molecule has 0 amide bonds. The third kappa shape index (κ3) is 1.44. The summed E-state index contributed by atoms with van der Waals surface area (Å²) >= 11 is 0. The van der Waals surface area contributed by atoms with Gasteiger partial charge in [0.05, 0.1) is 0 Å². The molecule has 1 aromatic heterocycles. The minimum atomic E-state index is 0.156. The van der Waals surface area contributed by atoms with Gasteiger partial charge in [-0.3, -0.25) is 0 Å². The van der Waals surface area contributed by atoms with Crippen LogP contribution in [0.15, 0.2) is 6.20 Å².